The predicted octanol–water partition coefficient (Wildman–Crippen LogP) is 1.16. The number of aromatic amines is 1. The molecule has 0 radical (unpaired) electrons. The van der Waals surface area contributed by atoms with Crippen LogP contribution in [0.1, 0.15) is 23.3 Å². The van der Waals surface area contributed by atoms with Crippen LogP contribution in [-0.4, -0.2) is 43.8 Å². The molecule has 3 aromatic rings. The van der Waals surface area contributed by atoms with Crippen LogP contribution < -0.4 is 16.9 Å². The molecule has 0 spiro atoms. The van der Waals surface area contributed by atoms with Gasteiger partial charge in [0.05, 0.1) is 25.1 Å². The lowest BCUT2D eigenvalue weighted by Crippen LogP contribution is -2.51. The second-order valence-corrected chi connectivity index (χ2v) is 8.26. The molecule has 0 amide bonds. The van der Waals surface area contributed by atoms with Gasteiger partial charge in [-0.15, -0.1) is 11.3 Å². The zero-order valence-electron chi connectivity index (χ0n) is 16.1. The Morgan fingerprint density at radius 1 is 1.30 bits per heavy atom. The molecule has 0 saturated heterocycles. The number of ether oxygens (including phenoxy) is 1. The standard InChI is InChI=1S/C17H18F3N5O4S/c1-9-10(7-24-14(27)21-8-22-24)30-13-11(9)12(26)25(15(28)23(13)5-6-29-2)16(3-4-16)17(18,19)20/h8H,3-7H2,1-2H3,(H,21,22,27). The Hall–Kier alpha value is -2.67. The number of hydrogen-bond donors (Lipinski definition) is 1. The van der Waals surface area contributed by atoms with Crippen LogP contribution in [0, 0.1) is 6.92 Å². The topological polar surface area (TPSA) is 104 Å². The molecule has 30 heavy (non-hydrogen) atoms. The van der Waals surface area contributed by atoms with E-state index in [1.807, 2.05) is 0 Å². The van der Waals surface area contributed by atoms with Crippen molar-refractivity contribution < 1.29 is 17.9 Å². The van der Waals surface area contributed by atoms with Gasteiger partial charge in [-0.2, -0.15) is 18.3 Å². The van der Waals surface area contributed by atoms with E-state index in [1.54, 1.807) is 6.92 Å². The van der Waals surface area contributed by atoms with E-state index in [1.165, 1.54) is 13.4 Å². The Bertz CT molecular complexity index is 1290. The summed E-state index contributed by atoms with van der Waals surface area (Å²) < 4.78 is 48.9. The van der Waals surface area contributed by atoms with Gasteiger partial charge >= 0.3 is 17.6 Å². The van der Waals surface area contributed by atoms with Gasteiger partial charge in [0.1, 0.15) is 16.7 Å². The number of H-pyrrole nitrogens is 1. The van der Waals surface area contributed by atoms with Crippen LogP contribution in [-0.2, 0) is 23.4 Å². The Morgan fingerprint density at radius 2 is 2.00 bits per heavy atom. The molecule has 4 rings (SSSR count). The molecule has 1 aliphatic carbocycles. The minimum Gasteiger partial charge on any atom is -0.383 e. The van der Waals surface area contributed by atoms with Gasteiger partial charge in [-0.25, -0.2) is 18.8 Å². The first-order valence-electron chi connectivity index (χ1n) is 9.07. The second kappa shape index (κ2) is 6.94. The van der Waals surface area contributed by atoms with Crippen molar-refractivity contribution in [2.24, 2.45) is 0 Å². The van der Waals surface area contributed by atoms with Gasteiger partial charge in [0, 0.05) is 12.0 Å². The quantitative estimate of drug-likeness (QED) is 0.613. The molecule has 1 aliphatic rings. The minimum absolute atomic E-state index is 0.0121. The largest absolute Gasteiger partial charge is 0.412 e. The Balaban J connectivity index is 2.00. The minimum atomic E-state index is -4.72. The summed E-state index contributed by atoms with van der Waals surface area (Å²) in [6, 6.07) is 0. The Morgan fingerprint density at radius 3 is 2.53 bits per heavy atom. The molecule has 3 heterocycles. The number of aromatic nitrogens is 5. The molecule has 0 unspecified atom stereocenters. The van der Waals surface area contributed by atoms with Gasteiger partial charge in [0.25, 0.3) is 5.56 Å². The van der Waals surface area contributed by atoms with Crippen molar-refractivity contribution in [3.8, 4) is 0 Å². The Kier molecular flexibility index (Phi) is 4.77. The number of fused-ring (bicyclic) bond motifs is 1. The van der Waals surface area contributed by atoms with Gasteiger partial charge in [-0.3, -0.25) is 14.3 Å². The second-order valence-electron chi connectivity index (χ2n) is 7.18. The van der Waals surface area contributed by atoms with Crippen LogP contribution >= 0.6 is 11.3 Å². The average molecular weight is 445 g/mol. The molecule has 9 nitrogen and oxygen atoms in total. The van der Waals surface area contributed by atoms with E-state index >= 15 is 0 Å². The number of methoxy groups -OCH3 is 1. The van der Waals surface area contributed by atoms with Gasteiger partial charge in [-0.05, 0) is 25.3 Å². The lowest BCUT2D eigenvalue weighted by Gasteiger charge is -2.22. The molecule has 0 atom stereocenters. The van der Waals surface area contributed by atoms with Crippen molar-refractivity contribution >= 4 is 21.6 Å². The van der Waals surface area contributed by atoms with Crippen LogP contribution in [0.5, 0.6) is 0 Å². The van der Waals surface area contributed by atoms with Crippen LogP contribution in [0.25, 0.3) is 10.2 Å². The molecule has 0 aliphatic heterocycles. The first kappa shape index (κ1) is 20.6. The van der Waals surface area contributed by atoms with Gasteiger partial charge < -0.3 is 4.74 Å². The van der Waals surface area contributed by atoms with Gasteiger partial charge in [0.15, 0.2) is 0 Å². The predicted molar refractivity (Wildman–Crippen MR) is 102 cm³/mol. The van der Waals surface area contributed by atoms with Crippen LogP contribution in [0.2, 0.25) is 0 Å². The number of rotatable bonds is 6. The van der Waals surface area contributed by atoms with Crippen molar-refractivity contribution in [2.45, 2.75) is 44.6 Å². The maximum atomic E-state index is 13.7. The molecular formula is C17H18F3N5O4S. The third-order valence-corrected chi connectivity index (χ3v) is 6.72. The Labute approximate surface area is 170 Å². The number of aryl methyl sites for hydroxylation is 1. The molecule has 1 fully saturated rings. The number of alkyl halides is 3. The van der Waals surface area contributed by atoms with E-state index < -0.39 is 28.7 Å². The SMILES string of the molecule is COCCn1c(=O)n(C2(C(F)(F)F)CC2)c(=O)c2c(C)c(Cn3nc[nH]c3=O)sc21. The summed E-state index contributed by atoms with van der Waals surface area (Å²) in [6.07, 6.45) is -4.15. The number of hydrogen-bond acceptors (Lipinski definition) is 6. The lowest BCUT2D eigenvalue weighted by atomic mass is 10.2. The normalized spacial score (nSPS) is 15.8. The molecule has 3 aromatic heterocycles. The first-order valence-corrected chi connectivity index (χ1v) is 9.88. The smallest absolute Gasteiger partial charge is 0.383 e. The number of nitrogens with zero attached hydrogens (tertiary/aromatic N) is 4. The monoisotopic (exact) mass is 445 g/mol. The molecule has 0 aromatic carbocycles. The highest BCUT2D eigenvalue weighted by molar-refractivity contribution is 7.18. The summed E-state index contributed by atoms with van der Waals surface area (Å²) in [7, 11) is 1.41. The van der Waals surface area contributed by atoms with Gasteiger partial charge in [-0.1, -0.05) is 0 Å². The summed E-state index contributed by atoms with van der Waals surface area (Å²) >= 11 is 1.08. The summed E-state index contributed by atoms with van der Waals surface area (Å²) in [6.45, 7) is 1.69. The van der Waals surface area contributed by atoms with E-state index in [-0.39, 0.29) is 42.8 Å². The fourth-order valence-electron chi connectivity index (χ4n) is 3.58. The van der Waals surface area contributed by atoms with E-state index in [4.69, 9.17) is 4.74 Å². The van der Waals surface area contributed by atoms with Crippen molar-refractivity contribution in [1.29, 1.82) is 0 Å². The highest BCUT2D eigenvalue weighted by Crippen LogP contribution is 2.54. The fourth-order valence-corrected chi connectivity index (χ4v) is 4.88. The summed E-state index contributed by atoms with van der Waals surface area (Å²) in [5, 5.41) is 3.91. The van der Waals surface area contributed by atoms with Crippen molar-refractivity contribution in [3.63, 3.8) is 0 Å². The van der Waals surface area contributed by atoms with Crippen molar-refractivity contribution in [3.05, 3.63) is 48.1 Å². The van der Waals surface area contributed by atoms with E-state index in [9.17, 15) is 27.6 Å². The van der Waals surface area contributed by atoms with Crippen LogP contribution in [0.3, 0.4) is 0 Å². The highest BCUT2D eigenvalue weighted by atomic mass is 32.1. The molecular weight excluding hydrogens is 427 g/mol. The maximum Gasteiger partial charge on any atom is 0.412 e. The van der Waals surface area contributed by atoms with Gasteiger partial charge in [0.2, 0.25) is 0 Å². The average Bonchev–Trinajstić information content (AvgIpc) is 3.28. The van der Waals surface area contributed by atoms with Crippen LogP contribution in [0.4, 0.5) is 13.2 Å². The summed E-state index contributed by atoms with van der Waals surface area (Å²) in [5.41, 5.74) is -4.49. The number of thiophene rings is 1. The third kappa shape index (κ3) is 2.95. The molecule has 1 N–H and O–H groups in total. The lowest BCUT2D eigenvalue weighted by molar-refractivity contribution is -0.181. The first-order chi connectivity index (χ1) is 14.1. The number of halogens is 3. The molecule has 0 bridgehead atoms. The summed E-state index contributed by atoms with van der Waals surface area (Å²) in [4.78, 5) is 41.2. The zero-order valence-corrected chi connectivity index (χ0v) is 16.9. The van der Waals surface area contributed by atoms with E-state index in [0.29, 0.717) is 15.0 Å². The highest BCUT2D eigenvalue weighted by Gasteiger charge is 2.66. The summed E-state index contributed by atoms with van der Waals surface area (Å²) in [5.74, 6) is 0. The van der Waals surface area contributed by atoms with E-state index in [2.05, 4.69) is 10.1 Å². The van der Waals surface area contributed by atoms with Crippen LogP contribution in [0.15, 0.2) is 20.7 Å². The number of nitrogens with one attached hydrogen (secondary N) is 1. The molecule has 162 valence electrons. The van der Waals surface area contributed by atoms with E-state index in [0.717, 1.165) is 20.6 Å². The van der Waals surface area contributed by atoms with Crippen molar-refractivity contribution in [2.75, 3.05) is 13.7 Å². The third-order valence-electron chi connectivity index (χ3n) is 5.42. The zero-order chi connectivity index (χ0) is 21.8. The maximum absolute atomic E-state index is 13.7. The fraction of sp³-hybridized carbons (Fsp3) is 0.529. The van der Waals surface area contributed by atoms with Crippen molar-refractivity contribution in [1.82, 2.24) is 23.9 Å². The molecule has 13 heteroatoms. The molecule has 1 saturated carbocycles.